The third kappa shape index (κ3) is 3.47. The molecule has 0 bridgehead atoms. The summed E-state index contributed by atoms with van der Waals surface area (Å²) in [5.41, 5.74) is 1.73. The van der Waals surface area contributed by atoms with E-state index < -0.39 is 5.92 Å². The summed E-state index contributed by atoms with van der Waals surface area (Å²) < 4.78 is 6.23. The highest BCUT2D eigenvalue weighted by Crippen LogP contribution is 2.31. The first kappa shape index (κ1) is 18.5. The van der Waals surface area contributed by atoms with Gasteiger partial charge in [-0.15, -0.1) is 0 Å². The summed E-state index contributed by atoms with van der Waals surface area (Å²) in [5.74, 6) is 0.621. The average Bonchev–Trinajstić information content (AvgIpc) is 3.29. The smallest absolute Gasteiger partial charge is 0.229 e. The van der Waals surface area contributed by atoms with Gasteiger partial charge in [-0.05, 0) is 24.3 Å². The number of hydrogen-bond donors (Lipinski definition) is 2. The summed E-state index contributed by atoms with van der Waals surface area (Å²) in [4.78, 5) is 26.7. The molecule has 7 nitrogen and oxygen atoms in total. The Morgan fingerprint density at radius 3 is 3.00 bits per heavy atom. The first-order valence-corrected chi connectivity index (χ1v) is 9.69. The van der Waals surface area contributed by atoms with Crippen molar-refractivity contribution >= 4 is 44.5 Å². The van der Waals surface area contributed by atoms with E-state index in [1.165, 1.54) is 0 Å². The van der Waals surface area contributed by atoms with Crippen molar-refractivity contribution in [1.29, 1.82) is 0 Å². The van der Waals surface area contributed by atoms with Crippen molar-refractivity contribution in [2.45, 2.75) is 13.0 Å². The molecule has 1 unspecified atom stereocenters. The van der Waals surface area contributed by atoms with E-state index in [1.807, 2.05) is 42.5 Å². The van der Waals surface area contributed by atoms with E-state index in [4.69, 9.17) is 4.74 Å². The number of hydrogen-bond acceptors (Lipinski definition) is 4. The number of rotatable bonds is 5. The molecular weight excluding hydrogens is 424 g/mol. The van der Waals surface area contributed by atoms with Gasteiger partial charge < -0.3 is 10.1 Å². The SMILES string of the molecule is COc1ccccc1CNC(=O)C1CC(=O)N(c2n[nH]c3cc(Br)ccc23)C1. The van der Waals surface area contributed by atoms with Crippen molar-refractivity contribution in [2.75, 3.05) is 18.6 Å². The highest BCUT2D eigenvalue weighted by molar-refractivity contribution is 9.10. The van der Waals surface area contributed by atoms with E-state index in [9.17, 15) is 9.59 Å². The monoisotopic (exact) mass is 442 g/mol. The minimum absolute atomic E-state index is 0.103. The molecule has 1 fully saturated rings. The van der Waals surface area contributed by atoms with Gasteiger partial charge in [0.05, 0.1) is 18.5 Å². The molecule has 0 aliphatic carbocycles. The predicted molar refractivity (Wildman–Crippen MR) is 109 cm³/mol. The summed E-state index contributed by atoms with van der Waals surface area (Å²) in [6.07, 6.45) is 0.169. The fourth-order valence-electron chi connectivity index (χ4n) is 3.45. The van der Waals surface area contributed by atoms with Gasteiger partial charge in [0.1, 0.15) is 5.75 Å². The van der Waals surface area contributed by atoms with Gasteiger partial charge in [-0.25, -0.2) is 0 Å². The lowest BCUT2D eigenvalue weighted by atomic mass is 10.1. The molecule has 0 spiro atoms. The molecule has 1 aromatic heterocycles. The maximum Gasteiger partial charge on any atom is 0.229 e. The molecule has 8 heteroatoms. The third-order valence-corrected chi connectivity index (χ3v) is 5.40. The zero-order valence-corrected chi connectivity index (χ0v) is 16.8. The number of methoxy groups -OCH3 is 1. The molecule has 2 heterocycles. The number of aromatic nitrogens is 2. The number of amides is 2. The van der Waals surface area contributed by atoms with Crippen molar-refractivity contribution in [1.82, 2.24) is 15.5 Å². The van der Waals surface area contributed by atoms with Crippen LogP contribution in [0.2, 0.25) is 0 Å². The number of nitrogens with one attached hydrogen (secondary N) is 2. The molecule has 2 aromatic carbocycles. The second-order valence-corrected chi connectivity index (χ2v) is 7.59. The number of anilines is 1. The Balaban J connectivity index is 1.46. The van der Waals surface area contributed by atoms with Crippen LogP contribution in [0.25, 0.3) is 10.9 Å². The summed E-state index contributed by atoms with van der Waals surface area (Å²) >= 11 is 3.42. The minimum atomic E-state index is -0.413. The number of benzene rings is 2. The number of nitrogens with zero attached hydrogens (tertiary/aromatic N) is 2. The van der Waals surface area contributed by atoms with Crippen molar-refractivity contribution in [2.24, 2.45) is 5.92 Å². The number of halogens is 1. The number of fused-ring (bicyclic) bond motifs is 1. The van der Waals surface area contributed by atoms with Crippen LogP contribution in [-0.2, 0) is 16.1 Å². The quantitative estimate of drug-likeness (QED) is 0.635. The lowest BCUT2D eigenvalue weighted by Gasteiger charge is -2.15. The van der Waals surface area contributed by atoms with Gasteiger partial charge in [0, 0.05) is 34.9 Å². The van der Waals surface area contributed by atoms with E-state index in [0.29, 0.717) is 18.9 Å². The van der Waals surface area contributed by atoms with Crippen LogP contribution in [0.1, 0.15) is 12.0 Å². The van der Waals surface area contributed by atoms with E-state index in [1.54, 1.807) is 12.0 Å². The van der Waals surface area contributed by atoms with Crippen LogP contribution in [0.5, 0.6) is 5.75 Å². The van der Waals surface area contributed by atoms with Gasteiger partial charge >= 0.3 is 0 Å². The Morgan fingerprint density at radius 2 is 2.18 bits per heavy atom. The highest BCUT2D eigenvalue weighted by atomic mass is 79.9. The largest absolute Gasteiger partial charge is 0.496 e. The lowest BCUT2D eigenvalue weighted by Crippen LogP contribution is -2.32. The fourth-order valence-corrected chi connectivity index (χ4v) is 3.81. The molecule has 144 valence electrons. The number of aromatic amines is 1. The summed E-state index contributed by atoms with van der Waals surface area (Å²) in [6.45, 7) is 0.666. The van der Waals surface area contributed by atoms with Crippen LogP contribution in [0.4, 0.5) is 5.82 Å². The Hall–Kier alpha value is -2.87. The molecule has 1 aliphatic rings. The van der Waals surface area contributed by atoms with Gasteiger partial charge in [0.15, 0.2) is 5.82 Å². The molecule has 1 saturated heterocycles. The summed E-state index contributed by atoms with van der Waals surface area (Å²) in [6, 6.07) is 13.2. The average molecular weight is 443 g/mol. The Bertz CT molecular complexity index is 1050. The maximum absolute atomic E-state index is 12.6. The van der Waals surface area contributed by atoms with Gasteiger partial charge in [0.25, 0.3) is 0 Å². The molecule has 1 aliphatic heterocycles. The highest BCUT2D eigenvalue weighted by Gasteiger charge is 2.36. The Morgan fingerprint density at radius 1 is 1.36 bits per heavy atom. The number of ether oxygens (including phenoxy) is 1. The molecule has 28 heavy (non-hydrogen) atoms. The van der Waals surface area contributed by atoms with E-state index in [-0.39, 0.29) is 18.2 Å². The van der Waals surface area contributed by atoms with Crippen molar-refractivity contribution < 1.29 is 14.3 Å². The first-order valence-electron chi connectivity index (χ1n) is 8.90. The molecule has 1 atom stereocenters. The van der Waals surface area contributed by atoms with Gasteiger partial charge in [-0.2, -0.15) is 5.10 Å². The standard InChI is InChI=1S/C20H19BrN4O3/c1-28-17-5-3-2-4-12(17)10-22-20(27)13-8-18(26)25(11-13)19-15-7-6-14(21)9-16(15)23-24-19/h2-7,9,13H,8,10-11H2,1H3,(H,22,27)(H,23,24). The van der Waals surface area contributed by atoms with Crippen LogP contribution < -0.4 is 15.0 Å². The molecule has 3 aromatic rings. The van der Waals surface area contributed by atoms with Crippen LogP contribution in [0, 0.1) is 5.92 Å². The summed E-state index contributed by atoms with van der Waals surface area (Å²) in [5, 5.41) is 11.0. The fraction of sp³-hybridized carbons (Fsp3) is 0.250. The van der Waals surface area contributed by atoms with Gasteiger partial charge in [-0.3, -0.25) is 19.6 Å². The number of para-hydroxylation sites is 1. The first-order chi connectivity index (χ1) is 13.6. The molecule has 2 amide bonds. The van der Waals surface area contributed by atoms with Crippen molar-refractivity contribution in [3.05, 3.63) is 52.5 Å². The molecular formula is C20H19BrN4O3. The zero-order valence-electron chi connectivity index (χ0n) is 15.2. The summed E-state index contributed by atoms with van der Waals surface area (Å²) in [7, 11) is 1.60. The molecule has 4 rings (SSSR count). The predicted octanol–water partition coefficient (Wildman–Crippen LogP) is 3.00. The van der Waals surface area contributed by atoms with E-state index in [2.05, 4.69) is 31.4 Å². The van der Waals surface area contributed by atoms with E-state index in [0.717, 1.165) is 26.7 Å². The second kappa shape index (κ2) is 7.63. The van der Waals surface area contributed by atoms with Crippen LogP contribution in [0.3, 0.4) is 0 Å². The van der Waals surface area contributed by atoms with Gasteiger partial charge in [-0.1, -0.05) is 34.1 Å². The van der Waals surface area contributed by atoms with Crippen LogP contribution >= 0.6 is 15.9 Å². The van der Waals surface area contributed by atoms with Crippen LogP contribution in [-0.4, -0.2) is 35.7 Å². The topological polar surface area (TPSA) is 87.3 Å². The van der Waals surface area contributed by atoms with Crippen molar-refractivity contribution in [3.63, 3.8) is 0 Å². The van der Waals surface area contributed by atoms with Gasteiger partial charge in [0.2, 0.25) is 11.8 Å². The number of H-pyrrole nitrogens is 1. The minimum Gasteiger partial charge on any atom is -0.496 e. The third-order valence-electron chi connectivity index (χ3n) is 4.90. The normalized spacial score (nSPS) is 16.6. The van der Waals surface area contributed by atoms with E-state index >= 15 is 0 Å². The van der Waals surface area contributed by atoms with Crippen molar-refractivity contribution in [3.8, 4) is 5.75 Å². The molecule has 0 saturated carbocycles. The second-order valence-electron chi connectivity index (χ2n) is 6.67. The lowest BCUT2D eigenvalue weighted by molar-refractivity contribution is -0.126. The Labute approximate surface area is 170 Å². The zero-order chi connectivity index (χ0) is 19.7. The maximum atomic E-state index is 12.6. The number of carbonyl (C=O) groups excluding carboxylic acids is 2. The van der Waals surface area contributed by atoms with Crippen LogP contribution in [0.15, 0.2) is 46.9 Å². The molecule has 0 radical (unpaired) electrons. The molecule has 2 N–H and O–H groups in total. The number of carbonyl (C=O) groups is 2. The Kier molecular flexibility index (Phi) is 5.04.